The van der Waals surface area contributed by atoms with Crippen LogP contribution >= 0.6 is 8.73 Å². The summed E-state index contributed by atoms with van der Waals surface area (Å²) in [7, 11) is 1.06. The molecule has 0 aliphatic heterocycles. The molecule has 20 heavy (non-hydrogen) atoms. The summed E-state index contributed by atoms with van der Waals surface area (Å²) in [6, 6.07) is 0. The van der Waals surface area contributed by atoms with Gasteiger partial charge < -0.3 is 0 Å². The predicted octanol–water partition coefficient (Wildman–Crippen LogP) is 6.62. The van der Waals surface area contributed by atoms with Crippen molar-refractivity contribution in [3.8, 4) is 0 Å². The predicted molar refractivity (Wildman–Crippen MR) is 97.2 cm³/mol. The Morgan fingerprint density at radius 1 is 0.550 bits per heavy atom. The molecule has 0 aliphatic rings. The first-order chi connectivity index (χ1) is 9.85. The first-order valence-corrected chi connectivity index (χ1v) is 10.5. The van der Waals surface area contributed by atoms with Crippen molar-refractivity contribution in [1.82, 2.24) is 4.67 Å². The van der Waals surface area contributed by atoms with Gasteiger partial charge in [0.25, 0.3) is 0 Å². The molecule has 1 unspecified atom stereocenters. The van der Waals surface area contributed by atoms with Crippen molar-refractivity contribution >= 4 is 8.73 Å². The fourth-order valence-corrected chi connectivity index (χ4v) is 3.74. The van der Waals surface area contributed by atoms with Crippen LogP contribution in [0.25, 0.3) is 0 Å². The number of rotatable bonds is 16. The Kier molecular flexibility index (Phi) is 17.8. The van der Waals surface area contributed by atoms with Gasteiger partial charge in [0.2, 0.25) is 0 Å². The highest BCUT2D eigenvalue weighted by Crippen LogP contribution is 2.20. The van der Waals surface area contributed by atoms with Crippen molar-refractivity contribution in [2.75, 3.05) is 19.3 Å². The molecule has 0 amide bonds. The fraction of sp³-hybridized carbons (Fsp3) is 1.00. The lowest BCUT2D eigenvalue weighted by Gasteiger charge is -2.21. The third-order valence-electron chi connectivity index (χ3n) is 3.94. The summed E-state index contributed by atoms with van der Waals surface area (Å²) in [4.78, 5) is 0. The largest absolute Gasteiger partial charge is 0.285 e. The van der Waals surface area contributed by atoms with Crippen LogP contribution in [0.15, 0.2) is 0 Å². The Hall–Kier alpha value is 0.390. The molecule has 0 bridgehead atoms. The second-order valence-electron chi connectivity index (χ2n) is 6.03. The smallest absolute Gasteiger partial charge is 0.00186 e. The van der Waals surface area contributed by atoms with E-state index in [0.717, 1.165) is 8.73 Å². The summed E-state index contributed by atoms with van der Waals surface area (Å²) >= 11 is 0. The van der Waals surface area contributed by atoms with Crippen molar-refractivity contribution < 1.29 is 0 Å². The number of hydrogen-bond acceptors (Lipinski definition) is 1. The molecule has 0 aliphatic carbocycles. The van der Waals surface area contributed by atoms with Gasteiger partial charge in [0, 0.05) is 13.1 Å². The maximum atomic E-state index is 2.74. The van der Waals surface area contributed by atoms with Gasteiger partial charge in [-0.2, -0.15) is 0 Å². The van der Waals surface area contributed by atoms with Crippen LogP contribution in [0.5, 0.6) is 0 Å². The van der Waals surface area contributed by atoms with Crippen LogP contribution in [0.1, 0.15) is 97.8 Å². The van der Waals surface area contributed by atoms with E-state index in [1.54, 1.807) is 0 Å². The second kappa shape index (κ2) is 17.4. The van der Waals surface area contributed by atoms with Gasteiger partial charge in [-0.05, 0) is 19.0 Å². The van der Waals surface area contributed by atoms with Gasteiger partial charge in [0.15, 0.2) is 0 Å². The quantitative estimate of drug-likeness (QED) is 0.229. The molecule has 0 aromatic carbocycles. The molecule has 0 aromatic rings. The van der Waals surface area contributed by atoms with Gasteiger partial charge >= 0.3 is 0 Å². The molecule has 0 rings (SSSR count). The van der Waals surface area contributed by atoms with Gasteiger partial charge in [0.05, 0.1) is 0 Å². The van der Waals surface area contributed by atoms with Gasteiger partial charge in [-0.25, -0.2) is 0 Å². The van der Waals surface area contributed by atoms with E-state index in [4.69, 9.17) is 0 Å². The van der Waals surface area contributed by atoms with Crippen LogP contribution in [-0.2, 0) is 0 Å². The first-order valence-electron chi connectivity index (χ1n) is 9.33. The van der Waals surface area contributed by atoms with Crippen molar-refractivity contribution in [3.05, 3.63) is 0 Å². The first kappa shape index (κ1) is 20.4. The minimum Gasteiger partial charge on any atom is -0.285 e. The summed E-state index contributed by atoms with van der Waals surface area (Å²) < 4.78 is 2.74. The van der Waals surface area contributed by atoms with Crippen LogP contribution in [0.2, 0.25) is 0 Å². The van der Waals surface area contributed by atoms with Crippen molar-refractivity contribution in [1.29, 1.82) is 0 Å². The van der Waals surface area contributed by atoms with E-state index in [1.807, 2.05) is 0 Å². The van der Waals surface area contributed by atoms with Gasteiger partial charge in [-0.3, -0.25) is 4.67 Å². The Morgan fingerprint density at radius 3 is 1.35 bits per heavy atom. The fourth-order valence-electron chi connectivity index (χ4n) is 2.66. The standard InChI is InChI=1S/C18H40NP/c1-4-7-9-11-13-15-17-19(20-6-3)18-16-14-12-10-8-5-2/h20H,4-18H2,1-3H3. The van der Waals surface area contributed by atoms with Crippen molar-refractivity contribution in [2.45, 2.75) is 97.8 Å². The van der Waals surface area contributed by atoms with E-state index in [2.05, 4.69) is 25.4 Å². The molecule has 0 N–H and O–H groups in total. The molecule has 0 saturated heterocycles. The molecule has 122 valence electrons. The SMILES string of the molecule is CCCCCCCCN(CCCCCCCC)PCC. The highest BCUT2D eigenvalue weighted by molar-refractivity contribution is 7.35. The average molecular weight is 301 g/mol. The Morgan fingerprint density at radius 2 is 0.950 bits per heavy atom. The van der Waals surface area contributed by atoms with E-state index < -0.39 is 0 Å². The monoisotopic (exact) mass is 301 g/mol. The average Bonchev–Trinajstić information content (AvgIpc) is 2.46. The highest BCUT2D eigenvalue weighted by atomic mass is 31.1. The molecule has 0 fully saturated rings. The number of hydrogen-bond donors (Lipinski definition) is 0. The van der Waals surface area contributed by atoms with Crippen LogP contribution in [0.4, 0.5) is 0 Å². The molecule has 0 spiro atoms. The Bertz CT molecular complexity index is 157. The molecular formula is C18H40NP. The third-order valence-corrected chi connectivity index (χ3v) is 5.16. The van der Waals surface area contributed by atoms with Gasteiger partial charge in [-0.1, -0.05) is 93.7 Å². The molecule has 2 heteroatoms. The lowest BCUT2D eigenvalue weighted by Crippen LogP contribution is -2.17. The lowest BCUT2D eigenvalue weighted by molar-refractivity contribution is 0.418. The van der Waals surface area contributed by atoms with Gasteiger partial charge in [-0.15, -0.1) is 0 Å². The zero-order chi connectivity index (χ0) is 14.9. The molecular weight excluding hydrogens is 261 g/mol. The minimum atomic E-state index is 1.06. The topological polar surface area (TPSA) is 3.24 Å². The second-order valence-corrected chi connectivity index (χ2v) is 7.69. The van der Waals surface area contributed by atoms with Crippen LogP contribution in [0.3, 0.4) is 0 Å². The molecule has 0 saturated carbocycles. The van der Waals surface area contributed by atoms with Gasteiger partial charge in [0.1, 0.15) is 0 Å². The van der Waals surface area contributed by atoms with Crippen LogP contribution < -0.4 is 0 Å². The summed E-state index contributed by atoms with van der Waals surface area (Å²) in [5, 5.41) is 0. The Balaban J connectivity index is 3.45. The summed E-state index contributed by atoms with van der Waals surface area (Å²) in [5.74, 6) is 0. The molecule has 0 heterocycles. The van der Waals surface area contributed by atoms with E-state index in [9.17, 15) is 0 Å². The van der Waals surface area contributed by atoms with Crippen LogP contribution in [-0.4, -0.2) is 23.9 Å². The number of unbranched alkanes of at least 4 members (excludes halogenated alkanes) is 10. The zero-order valence-electron chi connectivity index (χ0n) is 14.6. The Labute approximate surface area is 131 Å². The van der Waals surface area contributed by atoms with Crippen LogP contribution in [0, 0.1) is 0 Å². The minimum absolute atomic E-state index is 1.06. The van der Waals surface area contributed by atoms with Crippen molar-refractivity contribution in [3.63, 3.8) is 0 Å². The van der Waals surface area contributed by atoms with E-state index in [1.165, 1.54) is 96.3 Å². The maximum Gasteiger partial charge on any atom is 0.00186 e. The van der Waals surface area contributed by atoms with E-state index >= 15 is 0 Å². The van der Waals surface area contributed by atoms with E-state index in [-0.39, 0.29) is 0 Å². The highest BCUT2D eigenvalue weighted by Gasteiger charge is 2.03. The third kappa shape index (κ3) is 14.8. The summed E-state index contributed by atoms with van der Waals surface area (Å²) in [5.41, 5.74) is 0. The molecule has 0 aromatic heterocycles. The van der Waals surface area contributed by atoms with E-state index in [0.29, 0.717) is 0 Å². The molecule has 1 atom stereocenters. The molecule has 1 nitrogen and oxygen atoms in total. The maximum absolute atomic E-state index is 2.74. The summed E-state index contributed by atoms with van der Waals surface area (Å²) in [6.07, 6.45) is 18.5. The zero-order valence-corrected chi connectivity index (χ0v) is 15.6. The lowest BCUT2D eigenvalue weighted by atomic mass is 10.1. The number of nitrogens with zero attached hydrogens (tertiary/aromatic N) is 1. The normalized spacial score (nSPS) is 12.0. The van der Waals surface area contributed by atoms with Crippen molar-refractivity contribution in [2.24, 2.45) is 0 Å². The molecule has 0 radical (unpaired) electrons. The summed E-state index contributed by atoms with van der Waals surface area (Å²) in [6.45, 7) is 9.63.